The van der Waals surface area contributed by atoms with Crippen molar-refractivity contribution in [3.63, 3.8) is 0 Å². The van der Waals surface area contributed by atoms with Gasteiger partial charge in [0.25, 0.3) is 5.91 Å². The normalized spacial score (nSPS) is 10.6. The molecule has 34 heavy (non-hydrogen) atoms. The Bertz CT molecular complexity index is 993. The van der Waals surface area contributed by atoms with E-state index < -0.39 is 0 Å². The lowest BCUT2D eigenvalue weighted by Crippen LogP contribution is -2.25. The van der Waals surface area contributed by atoms with Gasteiger partial charge in [0, 0.05) is 19.0 Å². The zero-order valence-electron chi connectivity index (χ0n) is 19.7. The highest BCUT2D eigenvalue weighted by Crippen LogP contribution is 2.29. The summed E-state index contributed by atoms with van der Waals surface area (Å²) in [7, 11) is 0. The molecule has 0 bridgehead atoms. The van der Waals surface area contributed by atoms with E-state index in [4.69, 9.17) is 9.94 Å². The summed E-state index contributed by atoms with van der Waals surface area (Å²) < 4.78 is 5.83. The first-order chi connectivity index (χ1) is 16.3. The molecule has 0 saturated heterocycles. The number of benzene rings is 1. The summed E-state index contributed by atoms with van der Waals surface area (Å²) in [6.45, 7) is 3.97. The number of hydroxylamine groups is 1. The van der Waals surface area contributed by atoms with Crippen molar-refractivity contribution < 1.29 is 29.4 Å². The number of phenols is 1. The molecule has 0 aliphatic rings. The van der Waals surface area contributed by atoms with Crippen LogP contribution >= 0.6 is 0 Å². The van der Waals surface area contributed by atoms with Crippen molar-refractivity contribution in [1.29, 1.82) is 0 Å². The Labute approximate surface area is 199 Å². The van der Waals surface area contributed by atoms with Gasteiger partial charge < -0.3 is 15.2 Å². The van der Waals surface area contributed by atoms with E-state index in [-0.39, 0.29) is 35.5 Å². The molecule has 0 spiro atoms. The van der Waals surface area contributed by atoms with Crippen molar-refractivity contribution in [3.05, 3.63) is 52.8 Å². The Morgan fingerprint density at radius 3 is 2.50 bits per heavy atom. The number of rotatable bonds is 14. The van der Waals surface area contributed by atoms with Gasteiger partial charge in [0.05, 0.1) is 11.3 Å². The fraction of sp³-hybridized carbons (Fsp3) is 0.440. The Kier molecular flexibility index (Phi) is 11.0. The zero-order valence-corrected chi connectivity index (χ0v) is 19.7. The molecule has 9 heteroatoms. The van der Waals surface area contributed by atoms with Crippen LogP contribution in [-0.4, -0.2) is 39.4 Å². The van der Waals surface area contributed by atoms with Gasteiger partial charge in [-0.1, -0.05) is 32.3 Å². The third-order valence-electron chi connectivity index (χ3n) is 5.34. The molecule has 1 aromatic heterocycles. The Balaban J connectivity index is 1.81. The van der Waals surface area contributed by atoms with E-state index in [1.807, 2.05) is 6.92 Å². The average Bonchev–Trinajstić information content (AvgIpc) is 2.83. The molecule has 0 saturated carbocycles. The largest absolute Gasteiger partial charge is 0.507 e. The molecule has 0 radical (unpaired) electrons. The van der Waals surface area contributed by atoms with Gasteiger partial charge in [-0.2, -0.15) is 0 Å². The second kappa shape index (κ2) is 13.9. The maximum atomic E-state index is 12.4. The van der Waals surface area contributed by atoms with Gasteiger partial charge >= 0.3 is 0 Å². The molecule has 4 N–H and O–H groups in total. The third kappa shape index (κ3) is 8.47. The average molecular weight is 472 g/mol. The number of hydrogen-bond donors (Lipinski definition) is 4. The zero-order chi connectivity index (χ0) is 24.9. The molecule has 1 heterocycles. The summed E-state index contributed by atoms with van der Waals surface area (Å²) in [4.78, 5) is 39.3. The van der Waals surface area contributed by atoms with Crippen LogP contribution < -0.4 is 15.5 Å². The van der Waals surface area contributed by atoms with Crippen LogP contribution in [0.2, 0.25) is 0 Å². The van der Waals surface area contributed by atoms with Crippen molar-refractivity contribution in [2.45, 2.75) is 65.4 Å². The number of aromatic hydroxyl groups is 1. The Morgan fingerprint density at radius 1 is 1.06 bits per heavy atom. The molecule has 0 aliphatic carbocycles. The summed E-state index contributed by atoms with van der Waals surface area (Å²) in [5.74, 6) is -0.511. The number of carbonyl (C=O) groups excluding carboxylic acids is 3. The Morgan fingerprint density at radius 2 is 1.79 bits per heavy atom. The fourth-order valence-corrected chi connectivity index (χ4v) is 3.43. The van der Waals surface area contributed by atoms with Gasteiger partial charge in [0.1, 0.15) is 23.8 Å². The van der Waals surface area contributed by atoms with E-state index in [0.717, 1.165) is 37.7 Å². The van der Waals surface area contributed by atoms with E-state index >= 15 is 0 Å². The topological polar surface area (TPSA) is 138 Å². The number of aromatic nitrogens is 1. The predicted octanol–water partition coefficient (Wildman–Crippen LogP) is 3.71. The second-order valence-electron chi connectivity index (χ2n) is 8.00. The number of nitrogens with one attached hydrogen (secondary N) is 2. The number of ether oxygens (including phenoxy) is 1. The maximum absolute atomic E-state index is 12.4. The first-order valence-electron chi connectivity index (χ1n) is 11.5. The molecule has 0 unspecified atom stereocenters. The lowest BCUT2D eigenvalue weighted by Gasteiger charge is -2.13. The quantitative estimate of drug-likeness (QED) is 0.143. The maximum Gasteiger partial charge on any atom is 0.269 e. The van der Waals surface area contributed by atoms with Crippen LogP contribution in [0.4, 0.5) is 0 Å². The number of unbranched alkanes of at least 4 members (excludes halogenated alkanes) is 4. The first kappa shape index (κ1) is 26.8. The van der Waals surface area contributed by atoms with Crippen LogP contribution in [0.5, 0.6) is 11.5 Å². The van der Waals surface area contributed by atoms with Crippen LogP contribution in [0.1, 0.15) is 84.5 Å². The number of Topliss-reactive ketones (excluding diaryl/α,β-unsaturated/α-hetero) is 1. The van der Waals surface area contributed by atoms with E-state index in [9.17, 15) is 19.5 Å². The molecule has 1 aromatic carbocycles. The molecule has 0 atom stereocenters. The minimum Gasteiger partial charge on any atom is -0.507 e. The van der Waals surface area contributed by atoms with Crippen LogP contribution in [0.25, 0.3) is 0 Å². The SMILES string of the molecule is CCc1cc(C(C)=O)c(O)cc1OCc1cccc(C(=O)NCCCCCCCC(=O)NO)n1. The number of amides is 2. The smallest absolute Gasteiger partial charge is 0.269 e. The summed E-state index contributed by atoms with van der Waals surface area (Å²) in [5.41, 5.74) is 3.53. The molecule has 0 fully saturated rings. The molecule has 0 aliphatic heterocycles. The first-order valence-corrected chi connectivity index (χ1v) is 11.5. The molecule has 2 amide bonds. The highest BCUT2D eigenvalue weighted by molar-refractivity contribution is 5.97. The highest BCUT2D eigenvalue weighted by atomic mass is 16.5. The van der Waals surface area contributed by atoms with Gasteiger partial charge in [-0.05, 0) is 49.9 Å². The summed E-state index contributed by atoms with van der Waals surface area (Å²) >= 11 is 0. The number of pyridine rings is 1. The molecule has 184 valence electrons. The van der Waals surface area contributed by atoms with Gasteiger partial charge in [-0.25, -0.2) is 10.5 Å². The van der Waals surface area contributed by atoms with E-state index in [1.54, 1.807) is 29.7 Å². The van der Waals surface area contributed by atoms with Crippen LogP contribution in [-0.2, 0) is 17.8 Å². The lowest BCUT2D eigenvalue weighted by atomic mass is 10.0. The van der Waals surface area contributed by atoms with Crippen LogP contribution in [0, 0.1) is 0 Å². The number of phenolic OH excluding ortho intramolecular Hbond substituents is 1. The second-order valence-corrected chi connectivity index (χ2v) is 8.00. The van der Waals surface area contributed by atoms with Gasteiger partial charge in [-0.3, -0.25) is 19.6 Å². The standard InChI is InChI=1S/C25H33N3O6/c1-3-18-14-20(17(2)29)22(30)15-23(18)34-16-19-10-9-11-21(27-19)25(32)26-13-8-6-4-5-7-12-24(31)28-33/h9-11,14-15,30,33H,3-8,12-13,16H2,1-2H3,(H,26,32)(H,28,31). The van der Waals surface area contributed by atoms with Crippen molar-refractivity contribution in [3.8, 4) is 11.5 Å². The van der Waals surface area contributed by atoms with Crippen molar-refractivity contribution in [2.75, 3.05) is 6.54 Å². The minimum absolute atomic E-state index is 0.112. The lowest BCUT2D eigenvalue weighted by molar-refractivity contribution is -0.129. The number of aryl methyl sites for hydroxylation is 1. The number of carbonyl (C=O) groups is 3. The van der Waals surface area contributed by atoms with E-state index in [1.165, 1.54) is 13.0 Å². The molecule has 2 rings (SSSR count). The molecular weight excluding hydrogens is 438 g/mol. The third-order valence-corrected chi connectivity index (χ3v) is 5.34. The minimum atomic E-state index is -0.373. The number of ketones is 1. The monoisotopic (exact) mass is 471 g/mol. The highest BCUT2D eigenvalue weighted by Gasteiger charge is 2.14. The molecule has 9 nitrogen and oxygen atoms in total. The Hall–Kier alpha value is -3.46. The predicted molar refractivity (Wildman–Crippen MR) is 126 cm³/mol. The van der Waals surface area contributed by atoms with E-state index in [2.05, 4.69) is 10.3 Å². The van der Waals surface area contributed by atoms with Crippen LogP contribution in [0.15, 0.2) is 30.3 Å². The van der Waals surface area contributed by atoms with E-state index in [0.29, 0.717) is 36.5 Å². The van der Waals surface area contributed by atoms with Crippen LogP contribution in [0.3, 0.4) is 0 Å². The summed E-state index contributed by atoms with van der Waals surface area (Å²) in [5, 5.41) is 21.4. The van der Waals surface area contributed by atoms with Gasteiger partial charge in [0.15, 0.2) is 5.78 Å². The van der Waals surface area contributed by atoms with Crippen molar-refractivity contribution in [2.24, 2.45) is 0 Å². The molecule has 2 aromatic rings. The van der Waals surface area contributed by atoms with Crippen molar-refractivity contribution >= 4 is 17.6 Å². The number of nitrogens with zero attached hydrogens (tertiary/aromatic N) is 1. The summed E-state index contributed by atoms with van der Waals surface area (Å²) in [6.07, 6.45) is 5.24. The van der Waals surface area contributed by atoms with Gasteiger partial charge in [0.2, 0.25) is 5.91 Å². The summed E-state index contributed by atoms with van der Waals surface area (Å²) in [6, 6.07) is 8.20. The number of hydrogen-bond acceptors (Lipinski definition) is 7. The fourth-order valence-electron chi connectivity index (χ4n) is 3.43. The van der Waals surface area contributed by atoms with Crippen molar-refractivity contribution in [1.82, 2.24) is 15.8 Å². The van der Waals surface area contributed by atoms with Gasteiger partial charge in [-0.15, -0.1) is 0 Å². The molecular formula is C25H33N3O6.